The van der Waals surface area contributed by atoms with E-state index >= 15 is 0 Å². The Morgan fingerprint density at radius 1 is 1.35 bits per heavy atom. The van der Waals surface area contributed by atoms with E-state index in [0.29, 0.717) is 5.92 Å². The molecule has 0 aliphatic carbocycles. The number of rotatable bonds is 3. The molecule has 1 aliphatic rings. The minimum absolute atomic E-state index is 0.162. The van der Waals surface area contributed by atoms with Crippen molar-refractivity contribution in [2.24, 2.45) is 5.92 Å². The summed E-state index contributed by atoms with van der Waals surface area (Å²) in [7, 11) is 0. The van der Waals surface area contributed by atoms with Crippen LogP contribution >= 0.6 is 31.9 Å². The third kappa shape index (κ3) is 3.32. The van der Waals surface area contributed by atoms with Gasteiger partial charge in [-0.1, -0.05) is 31.9 Å². The third-order valence-electron chi connectivity index (χ3n) is 3.18. The summed E-state index contributed by atoms with van der Waals surface area (Å²) in [4.78, 5) is 14.2. The Morgan fingerprint density at radius 3 is 2.71 bits per heavy atom. The second-order valence-electron chi connectivity index (χ2n) is 4.39. The average molecular weight is 361 g/mol. The molecule has 2 rings (SSSR count). The van der Waals surface area contributed by atoms with Gasteiger partial charge in [0.25, 0.3) is 5.91 Å². The Hall–Kier alpha value is -0.350. The predicted octanol–water partition coefficient (Wildman–Crippen LogP) is 3.70. The smallest absolute Gasteiger partial charge is 0.253 e. The molecule has 17 heavy (non-hydrogen) atoms. The summed E-state index contributed by atoms with van der Waals surface area (Å²) in [6, 6.07) is 7.59. The topological polar surface area (TPSA) is 20.3 Å². The summed E-state index contributed by atoms with van der Waals surface area (Å²) in [6.07, 6.45) is 2.29. The maximum absolute atomic E-state index is 12.2. The largest absolute Gasteiger partial charge is 0.338 e. The van der Waals surface area contributed by atoms with E-state index in [1.165, 1.54) is 0 Å². The average Bonchev–Trinajstić information content (AvgIpc) is 2.78. The van der Waals surface area contributed by atoms with Gasteiger partial charge in [-0.25, -0.2) is 0 Å². The van der Waals surface area contributed by atoms with Gasteiger partial charge in [0.15, 0.2) is 0 Å². The fourth-order valence-corrected chi connectivity index (χ4v) is 3.09. The van der Waals surface area contributed by atoms with Gasteiger partial charge >= 0.3 is 0 Å². The standard InChI is InChI=1S/C13H15Br2NO/c14-7-5-10-6-8-16(9-10)13(17)11-1-3-12(15)4-2-11/h1-4,10H,5-9H2. The molecule has 1 heterocycles. The van der Waals surface area contributed by atoms with Crippen LogP contribution in [0, 0.1) is 5.92 Å². The molecule has 1 unspecified atom stereocenters. The summed E-state index contributed by atoms with van der Waals surface area (Å²) in [5.74, 6) is 0.823. The zero-order valence-corrected chi connectivity index (χ0v) is 12.7. The molecule has 92 valence electrons. The molecule has 0 N–H and O–H groups in total. The molecule has 0 radical (unpaired) electrons. The molecule has 1 aromatic rings. The van der Waals surface area contributed by atoms with Gasteiger partial charge < -0.3 is 4.90 Å². The lowest BCUT2D eigenvalue weighted by molar-refractivity contribution is 0.0787. The minimum atomic E-state index is 0.162. The van der Waals surface area contributed by atoms with Crippen molar-refractivity contribution in [3.05, 3.63) is 34.3 Å². The number of carbonyl (C=O) groups excluding carboxylic acids is 1. The maximum atomic E-state index is 12.2. The lowest BCUT2D eigenvalue weighted by Crippen LogP contribution is -2.28. The van der Waals surface area contributed by atoms with Gasteiger partial charge in [0.1, 0.15) is 0 Å². The predicted molar refractivity (Wildman–Crippen MR) is 76.6 cm³/mol. The highest BCUT2D eigenvalue weighted by Gasteiger charge is 2.26. The number of hydrogen-bond acceptors (Lipinski definition) is 1. The number of amides is 1. The molecule has 1 saturated heterocycles. The number of carbonyl (C=O) groups is 1. The van der Waals surface area contributed by atoms with E-state index in [2.05, 4.69) is 31.9 Å². The normalized spacial score (nSPS) is 19.6. The van der Waals surface area contributed by atoms with Crippen LogP contribution in [0.3, 0.4) is 0 Å². The first-order valence-corrected chi connectivity index (χ1v) is 7.73. The van der Waals surface area contributed by atoms with E-state index in [9.17, 15) is 4.79 Å². The van der Waals surface area contributed by atoms with E-state index in [-0.39, 0.29) is 5.91 Å². The van der Waals surface area contributed by atoms with Crippen molar-refractivity contribution in [2.75, 3.05) is 18.4 Å². The Morgan fingerprint density at radius 2 is 2.06 bits per heavy atom. The number of nitrogens with zero attached hydrogens (tertiary/aromatic N) is 1. The number of likely N-dealkylation sites (tertiary alicyclic amines) is 1. The highest BCUT2D eigenvalue weighted by molar-refractivity contribution is 9.10. The summed E-state index contributed by atoms with van der Waals surface area (Å²) >= 11 is 6.84. The Balaban J connectivity index is 1.99. The molecule has 0 aromatic heterocycles. The first-order valence-electron chi connectivity index (χ1n) is 5.81. The van der Waals surface area contributed by atoms with Crippen molar-refractivity contribution in [3.8, 4) is 0 Å². The Bertz CT molecular complexity index is 391. The van der Waals surface area contributed by atoms with Crippen molar-refractivity contribution >= 4 is 37.8 Å². The third-order valence-corrected chi connectivity index (χ3v) is 4.17. The lowest BCUT2D eigenvalue weighted by Gasteiger charge is -2.16. The monoisotopic (exact) mass is 359 g/mol. The van der Waals surface area contributed by atoms with Crippen LogP contribution in [0.25, 0.3) is 0 Å². The van der Waals surface area contributed by atoms with Crippen molar-refractivity contribution in [2.45, 2.75) is 12.8 Å². The van der Waals surface area contributed by atoms with Gasteiger partial charge in [-0.2, -0.15) is 0 Å². The maximum Gasteiger partial charge on any atom is 0.253 e. The molecule has 2 nitrogen and oxygen atoms in total. The van der Waals surface area contributed by atoms with Crippen molar-refractivity contribution < 1.29 is 4.79 Å². The van der Waals surface area contributed by atoms with Gasteiger partial charge in [-0.15, -0.1) is 0 Å². The van der Waals surface area contributed by atoms with Crippen molar-refractivity contribution in [1.29, 1.82) is 0 Å². The first kappa shape index (κ1) is 13.1. The molecule has 0 saturated carbocycles. The number of hydrogen-bond donors (Lipinski definition) is 0. The SMILES string of the molecule is O=C(c1ccc(Br)cc1)N1CCC(CCBr)C1. The highest BCUT2D eigenvalue weighted by atomic mass is 79.9. The fourth-order valence-electron chi connectivity index (χ4n) is 2.18. The number of alkyl halides is 1. The van der Waals surface area contributed by atoms with Crippen LogP contribution < -0.4 is 0 Å². The van der Waals surface area contributed by atoms with Crippen LogP contribution in [0.5, 0.6) is 0 Å². The molecule has 0 bridgehead atoms. The lowest BCUT2D eigenvalue weighted by atomic mass is 10.1. The molecular formula is C13H15Br2NO. The fraction of sp³-hybridized carbons (Fsp3) is 0.462. The number of halogens is 2. The molecule has 1 aromatic carbocycles. The van der Waals surface area contributed by atoms with E-state index in [0.717, 1.165) is 41.3 Å². The molecule has 1 amide bonds. The van der Waals surface area contributed by atoms with Crippen molar-refractivity contribution in [3.63, 3.8) is 0 Å². The van der Waals surface area contributed by atoms with Crippen LogP contribution in [0.15, 0.2) is 28.7 Å². The summed E-state index contributed by atoms with van der Waals surface area (Å²) in [5.41, 5.74) is 0.785. The summed E-state index contributed by atoms with van der Waals surface area (Å²) in [5, 5.41) is 1.03. The van der Waals surface area contributed by atoms with Crippen LogP contribution in [-0.2, 0) is 0 Å². The Labute approximate surface area is 119 Å². The van der Waals surface area contributed by atoms with Gasteiger partial charge in [-0.05, 0) is 43.0 Å². The highest BCUT2D eigenvalue weighted by Crippen LogP contribution is 2.22. The molecule has 0 spiro atoms. The molecule has 1 fully saturated rings. The van der Waals surface area contributed by atoms with Crippen LogP contribution in [0.1, 0.15) is 23.2 Å². The minimum Gasteiger partial charge on any atom is -0.338 e. The van der Waals surface area contributed by atoms with Gasteiger partial charge in [0, 0.05) is 28.5 Å². The second kappa shape index (κ2) is 6.01. The summed E-state index contributed by atoms with van der Waals surface area (Å²) in [6.45, 7) is 1.80. The zero-order valence-electron chi connectivity index (χ0n) is 9.53. The molecule has 1 atom stereocenters. The van der Waals surface area contributed by atoms with E-state index in [1.807, 2.05) is 29.2 Å². The van der Waals surface area contributed by atoms with Crippen LogP contribution in [0.4, 0.5) is 0 Å². The van der Waals surface area contributed by atoms with E-state index < -0.39 is 0 Å². The van der Waals surface area contributed by atoms with Gasteiger partial charge in [-0.3, -0.25) is 4.79 Å². The number of benzene rings is 1. The van der Waals surface area contributed by atoms with Crippen LogP contribution in [-0.4, -0.2) is 29.2 Å². The molecule has 4 heteroatoms. The molecule has 1 aliphatic heterocycles. The zero-order chi connectivity index (χ0) is 12.3. The van der Waals surface area contributed by atoms with Crippen LogP contribution in [0.2, 0.25) is 0 Å². The Kier molecular flexibility index (Phi) is 4.62. The summed E-state index contributed by atoms with van der Waals surface area (Å²) < 4.78 is 1.01. The quantitative estimate of drug-likeness (QED) is 0.752. The van der Waals surface area contributed by atoms with E-state index in [1.54, 1.807) is 0 Å². The van der Waals surface area contributed by atoms with Crippen molar-refractivity contribution in [1.82, 2.24) is 4.90 Å². The van der Waals surface area contributed by atoms with Gasteiger partial charge in [0.2, 0.25) is 0 Å². The second-order valence-corrected chi connectivity index (χ2v) is 6.10. The first-order chi connectivity index (χ1) is 8.20. The molecular weight excluding hydrogens is 346 g/mol. The van der Waals surface area contributed by atoms with E-state index in [4.69, 9.17) is 0 Å². The van der Waals surface area contributed by atoms with Gasteiger partial charge in [0.05, 0.1) is 0 Å².